The van der Waals surface area contributed by atoms with Crippen LogP contribution in [0, 0.1) is 5.92 Å². The van der Waals surface area contributed by atoms with Gasteiger partial charge in [-0.05, 0) is 24.5 Å². The summed E-state index contributed by atoms with van der Waals surface area (Å²) in [5.41, 5.74) is 0.402. The van der Waals surface area contributed by atoms with Crippen LogP contribution in [0.15, 0.2) is 18.2 Å². The Hall–Kier alpha value is -1.09. The van der Waals surface area contributed by atoms with Gasteiger partial charge in [-0.15, -0.1) is 0 Å². The van der Waals surface area contributed by atoms with E-state index in [0.29, 0.717) is 16.8 Å². The van der Waals surface area contributed by atoms with Gasteiger partial charge in [0.05, 0.1) is 0 Å². The number of carbonyl (C=O) groups is 1. The van der Waals surface area contributed by atoms with Crippen LogP contribution in [0.2, 0.25) is 5.15 Å². The Bertz CT molecular complexity index is 366. The summed E-state index contributed by atoms with van der Waals surface area (Å²) in [5, 5.41) is 0.350. The van der Waals surface area contributed by atoms with Gasteiger partial charge in [0.1, 0.15) is 10.8 Å². The van der Waals surface area contributed by atoms with E-state index in [4.69, 9.17) is 11.6 Å². The van der Waals surface area contributed by atoms with Crippen molar-refractivity contribution in [2.75, 3.05) is 13.6 Å². The van der Waals surface area contributed by atoms with E-state index in [1.807, 2.05) is 0 Å². The van der Waals surface area contributed by atoms with Crippen molar-refractivity contribution < 1.29 is 4.79 Å². The number of hydrogen-bond donors (Lipinski definition) is 0. The van der Waals surface area contributed by atoms with Crippen molar-refractivity contribution in [3.63, 3.8) is 0 Å². The van der Waals surface area contributed by atoms with Crippen LogP contribution in [-0.4, -0.2) is 29.4 Å². The van der Waals surface area contributed by atoms with Gasteiger partial charge >= 0.3 is 0 Å². The molecule has 0 bridgehead atoms. The molecule has 1 heterocycles. The Balaban J connectivity index is 2.63. The molecule has 0 aliphatic heterocycles. The molecule has 1 aromatic rings. The lowest BCUT2D eigenvalue weighted by atomic mass is 10.1. The minimum atomic E-state index is -0.0804. The minimum Gasteiger partial charge on any atom is -0.340 e. The number of hydrogen-bond acceptors (Lipinski definition) is 2. The highest BCUT2D eigenvalue weighted by molar-refractivity contribution is 6.29. The molecule has 0 aliphatic carbocycles. The molecule has 0 radical (unpaired) electrons. The molecule has 4 heteroatoms. The minimum absolute atomic E-state index is 0.0804. The van der Waals surface area contributed by atoms with Crippen molar-refractivity contribution >= 4 is 17.5 Å². The van der Waals surface area contributed by atoms with Crippen molar-refractivity contribution in [2.24, 2.45) is 5.92 Å². The van der Waals surface area contributed by atoms with E-state index in [9.17, 15) is 4.79 Å². The Morgan fingerprint density at radius 3 is 2.75 bits per heavy atom. The lowest BCUT2D eigenvalue weighted by Gasteiger charge is -2.17. The molecule has 1 rings (SSSR count). The summed E-state index contributed by atoms with van der Waals surface area (Å²) >= 11 is 5.74. The van der Waals surface area contributed by atoms with Crippen LogP contribution in [0.5, 0.6) is 0 Å². The predicted octanol–water partition coefficient (Wildman–Crippen LogP) is 2.85. The second-order valence-corrected chi connectivity index (χ2v) is 4.64. The van der Waals surface area contributed by atoms with Crippen molar-refractivity contribution in [1.29, 1.82) is 0 Å². The number of halogens is 1. The van der Waals surface area contributed by atoms with E-state index in [0.717, 1.165) is 13.0 Å². The van der Waals surface area contributed by atoms with Crippen molar-refractivity contribution in [3.8, 4) is 0 Å². The number of carbonyl (C=O) groups excluding carboxylic acids is 1. The van der Waals surface area contributed by atoms with Crippen LogP contribution in [-0.2, 0) is 0 Å². The summed E-state index contributed by atoms with van der Waals surface area (Å²) < 4.78 is 0. The second kappa shape index (κ2) is 5.85. The number of nitrogens with zero attached hydrogens (tertiary/aromatic N) is 2. The van der Waals surface area contributed by atoms with Gasteiger partial charge in [0.25, 0.3) is 5.91 Å². The molecule has 0 atom stereocenters. The average molecular weight is 241 g/mol. The predicted molar refractivity (Wildman–Crippen MR) is 65.7 cm³/mol. The SMILES string of the molecule is CC(C)CCN(C)C(=O)c1cccc(Cl)n1. The van der Waals surface area contributed by atoms with Crippen LogP contribution < -0.4 is 0 Å². The molecule has 0 spiro atoms. The van der Waals surface area contributed by atoms with Crippen LogP contribution in [0.25, 0.3) is 0 Å². The van der Waals surface area contributed by atoms with Crippen molar-refractivity contribution in [1.82, 2.24) is 9.88 Å². The summed E-state index contributed by atoms with van der Waals surface area (Å²) in [6.07, 6.45) is 0.989. The molecule has 88 valence electrons. The van der Waals surface area contributed by atoms with Crippen LogP contribution in [0.4, 0.5) is 0 Å². The third kappa shape index (κ3) is 3.81. The Kier molecular flexibility index (Phi) is 4.74. The molecule has 16 heavy (non-hydrogen) atoms. The molecule has 0 saturated heterocycles. The third-order valence-corrected chi connectivity index (χ3v) is 2.53. The maximum Gasteiger partial charge on any atom is 0.272 e. The van der Waals surface area contributed by atoms with Gasteiger partial charge in [-0.3, -0.25) is 4.79 Å². The van der Waals surface area contributed by atoms with Crippen LogP contribution in [0.3, 0.4) is 0 Å². The molecule has 0 saturated carbocycles. The summed E-state index contributed by atoms with van der Waals surface area (Å²) in [5.74, 6) is 0.505. The summed E-state index contributed by atoms with van der Waals surface area (Å²) in [7, 11) is 1.79. The molecule has 1 aromatic heterocycles. The number of amides is 1. The maximum atomic E-state index is 11.9. The van der Waals surface area contributed by atoms with Crippen molar-refractivity contribution in [3.05, 3.63) is 29.0 Å². The highest BCUT2D eigenvalue weighted by atomic mass is 35.5. The fourth-order valence-corrected chi connectivity index (χ4v) is 1.44. The molecule has 0 fully saturated rings. The standard InChI is InChI=1S/C12H17ClN2O/c1-9(2)7-8-15(3)12(16)10-5-4-6-11(13)14-10/h4-6,9H,7-8H2,1-3H3. The molecule has 1 amide bonds. The van der Waals surface area contributed by atoms with Gasteiger partial charge in [-0.25, -0.2) is 4.98 Å². The average Bonchev–Trinajstić information content (AvgIpc) is 2.24. The smallest absolute Gasteiger partial charge is 0.272 e. The topological polar surface area (TPSA) is 33.2 Å². The number of aromatic nitrogens is 1. The van der Waals surface area contributed by atoms with Gasteiger partial charge in [0.2, 0.25) is 0 Å². The molecular formula is C12H17ClN2O. The van der Waals surface area contributed by atoms with Gasteiger partial charge < -0.3 is 4.90 Å². The zero-order valence-corrected chi connectivity index (χ0v) is 10.7. The highest BCUT2D eigenvalue weighted by Crippen LogP contribution is 2.08. The first-order chi connectivity index (χ1) is 7.50. The van der Waals surface area contributed by atoms with Crippen LogP contribution >= 0.6 is 11.6 Å². The monoisotopic (exact) mass is 240 g/mol. The van der Waals surface area contributed by atoms with Crippen molar-refractivity contribution in [2.45, 2.75) is 20.3 Å². The number of rotatable bonds is 4. The first-order valence-electron chi connectivity index (χ1n) is 5.38. The second-order valence-electron chi connectivity index (χ2n) is 4.25. The zero-order chi connectivity index (χ0) is 12.1. The van der Waals surface area contributed by atoms with E-state index in [1.54, 1.807) is 30.1 Å². The maximum absolute atomic E-state index is 11.9. The first-order valence-corrected chi connectivity index (χ1v) is 5.76. The van der Waals surface area contributed by atoms with E-state index in [1.165, 1.54) is 0 Å². The van der Waals surface area contributed by atoms with Gasteiger partial charge in [-0.2, -0.15) is 0 Å². The van der Waals surface area contributed by atoms with E-state index < -0.39 is 0 Å². The van der Waals surface area contributed by atoms with E-state index >= 15 is 0 Å². The fourth-order valence-electron chi connectivity index (χ4n) is 1.28. The molecule has 0 N–H and O–H groups in total. The molecule has 0 aromatic carbocycles. The molecule has 0 aliphatic rings. The van der Waals surface area contributed by atoms with Gasteiger partial charge in [0, 0.05) is 13.6 Å². The molecule has 0 unspecified atom stereocenters. The Morgan fingerprint density at radius 1 is 1.50 bits per heavy atom. The van der Waals surface area contributed by atoms with E-state index in [2.05, 4.69) is 18.8 Å². The summed E-state index contributed by atoms with van der Waals surface area (Å²) in [6, 6.07) is 5.07. The van der Waals surface area contributed by atoms with Gasteiger partial charge in [-0.1, -0.05) is 31.5 Å². The molecule has 3 nitrogen and oxygen atoms in total. The third-order valence-electron chi connectivity index (χ3n) is 2.32. The quantitative estimate of drug-likeness (QED) is 0.759. The summed E-state index contributed by atoms with van der Waals surface area (Å²) in [4.78, 5) is 17.6. The fraction of sp³-hybridized carbons (Fsp3) is 0.500. The molecular weight excluding hydrogens is 224 g/mol. The lowest BCUT2D eigenvalue weighted by Crippen LogP contribution is -2.29. The van der Waals surface area contributed by atoms with E-state index in [-0.39, 0.29) is 5.91 Å². The summed E-state index contributed by atoms with van der Waals surface area (Å²) in [6.45, 7) is 5.01. The Labute approximate surface area is 101 Å². The number of pyridine rings is 1. The lowest BCUT2D eigenvalue weighted by molar-refractivity contribution is 0.0783. The first kappa shape index (κ1) is 13.0. The Morgan fingerprint density at radius 2 is 2.19 bits per heavy atom. The zero-order valence-electron chi connectivity index (χ0n) is 9.90. The van der Waals surface area contributed by atoms with Crippen LogP contribution in [0.1, 0.15) is 30.8 Å². The highest BCUT2D eigenvalue weighted by Gasteiger charge is 2.13. The van der Waals surface area contributed by atoms with Gasteiger partial charge in [0.15, 0.2) is 0 Å². The normalized spacial score (nSPS) is 10.6. The largest absolute Gasteiger partial charge is 0.340 e.